The Morgan fingerprint density at radius 3 is 1.80 bits per heavy atom. The predicted octanol–water partition coefficient (Wildman–Crippen LogP) is 7.30. The van der Waals surface area contributed by atoms with Crippen LogP contribution in [-0.4, -0.2) is 4.57 Å². The fourth-order valence-corrected chi connectivity index (χ4v) is 4.81. The van der Waals surface area contributed by atoms with Crippen molar-refractivity contribution in [1.29, 1.82) is 0 Å². The first kappa shape index (κ1) is 17.1. The average molecular weight is 383 g/mol. The third-order valence-electron chi connectivity index (χ3n) is 6.09. The highest BCUT2D eigenvalue weighted by molar-refractivity contribution is 5.82. The largest absolute Gasteiger partial charge is 0.312 e. The van der Waals surface area contributed by atoms with E-state index in [-0.39, 0.29) is 5.92 Å². The third kappa shape index (κ3) is 2.56. The first-order chi connectivity index (χ1) is 14.9. The van der Waals surface area contributed by atoms with Gasteiger partial charge in [-0.05, 0) is 34.4 Å². The summed E-state index contributed by atoms with van der Waals surface area (Å²) >= 11 is 0. The number of para-hydroxylation sites is 1. The second-order valence-corrected chi connectivity index (χ2v) is 7.80. The number of benzene rings is 4. The summed E-state index contributed by atoms with van der Waals surface area (Å²) in [5, 5.41) is 0. The van der Waals surface area contributed by atoms with E-state index in [1.54, 1.807) is 0 Å². The van der Waals surface area contributed by atoms with Crippen molar-refractivity contribution in [3.63, 3.8) is 0 Å². The minimum absolute atomic E-state index is 0.218. The summed E-state index contributed by atoms with van der Waals surface area (Å²) in [7, 11) is 0. The second kappa shape index (κ2) is 6.89. The van der Waals surface area contributed by atoms with Gasteiger partial charge in [-0.25, -0.2) is 0 Å². The summed E-state index contributed by atoms with van der Waals surface area (Å²) in [5.74, 6) is 0.218. The van der Waals surface area contributed by atoms with Crippen molar-refractivity contribution in [3.8, 4) is 28.1 Å². The SMILES string of the molecule is c1ccc(-c2cc(-c3ccccc3)n3c2C(c2ccccc2)c2ccccc2-3)cc1. The summed E-state index contributed by atoms with van der Waals surface area (Å²) in [5.41, 5.74) is 10.4. The molecular formula is C29H21N. The highest BCUT2D eigenvalue weighted by Gasteiger charge is 2.35. The molecule has 6 rings (SSSR count). The summed E-state index contributed by atoms with van der Waals surface area (Å²) in [6.07, 6.45) is 0. The first-order valence-corrected chi connectivity index (χ1v) is 10.4. The first-order valence-electron chi connectivity index (χ1n) is 10.4. The van der Waals surface area contributed by atoms with Crippen LogP contribution in [0.2, 0.25) is 0 Å². The average Bonchev–Trinajstić information content (AvgIpc) is 3.37. The molecule has 0 fully saturated rings. The molecule has 0 saturated heterocycles. The van der Waals surface area contributed by atoms with E-state index in [4.69, 9.17) is 0 Å². The van der Waals surface area contributed by atoms with E-state index < -0.39 is 0 Å². The van der Waals surface area contributed by atoms with Crippen molar-refractivity contribution in [2.75, 3.05) is 0 Å². The molecule has 30 heavy (non-hydrogen) atoms. The summed E-state index contributed by atoms with van der Waals surface area (Å²) in [6.45, 7) is 0. The second-order valence-electron chi connectivity index (χ2n) is 7.80. The maximum absolute atomic E-state index is 2.48. The van der Waals surface area contributed by atoms with Crippen molar-refractivity contribution in [2.24, 2.45) is 0 Å². The molecular weight excluding hydrogens is 362 g/mol. The molecule has 2 heterocycles. The normalized spacial score (nSPS) is 14.3. The molecule has 0 spiro atoms. The monoisotopic (exact) mass is 383 g/mol. The molecule has 0 amide bonds. The van der Waals surface area contributed by atoms with Crippen molar-refractivity contribution in [2.45, 2.75) is 5.92 Å². The molecule has 142 valence electrons. The van der Waals surface area contributed by atoms with E-state index in [9.17, 15) is 0 Å². The lowest BCUT2D eigenvalue weighted by Gasteiger charge is -2.14. The Labute approximate surface area is 176 Å². The Morgan fingerprint density at radius 1 is 0.533 bits per heavy atom. The van der Waals surface area contributed by atoms with Gasteiger partial charge in [0.25, 0.3) is 0 Å². The third-order valence-corrected chi connectivity index (χ3v) is 6.09. The van der Waals surface area contributed by atoms with Crippen LogP contribution in [-0.2, 0) is 0 Å². The zero-order chi connectivity index (χ0) is 19.9. The fraction of sp³-hybridized carbons (Fsp3) is 0.0345. The smallest absolute Gasteiger partial charge is 0.0538 e. The van der Waals surface area contributed by atoms with Gasteiger partial charge in [-0.15, -0.1) is 0 Å². The van der Waals surface area contributed by atoms with E-state index >= 15 is 0 Å². The van der Waals surface area contributed by atoms with Crippen LogP contribution in [0.25, 0.3) is 28.1 Å². The van der Waals surface area contributed by atoms with Gasteiger partial charge < -0.3 is 4.57 Å². The molecule has 0 N–H and O–H groups in total. The summed E-state index contributed by atoms with van der Waals surface area (Å²) < 4.78 is 2.48. The van der Waals surface area contributed by atoms with Crippen LogP contribution in [0.5, 0.6) is 0 Å². The molecule has 0 bridgehead atoms. The lowest BCUT2D eigenvalue weighted by molar-refractivity contribution is 0.959. The Bertz CT molecular complexity index is 1320. The predicted molar refractivity (Wildman–Crippen MR) is 124 cm³/mol. The quantitative estimate of drug-likeness (QED) is 0.302. The van der Waals surface area contributed by atoms with E-state index in [2.05, 4.69) is 126 Å². The molecule has 0 saturated carbocycles. The molecule has 1 aliphatic heterocycles. The van der Waals surface area contributed by atoms with Crippen LogP contribution < -0.4 is 0 Å². The molecule has 1 atom stereocenters. The standard InChI is InChI=1S/C29H21N/c1-4-12-21(13-5-1)25-20-27(22-14-6-2-7-15-22)30-26-19-11-10-18-24(26)28(29(25)30)23-16-8-3-9-17-23/h1-20,28H. The van der Waals surface area contributed by atoms with Crippen molar-refractivity contribution in [3.05, 3.63) is 138 Å². The van der Waals surface area contributed by atoms with Gasteiger partial charge in [0.2, 0.25) is 0 Å². The highest BCUT2D eigenvalue weighted by Crippen LogP contribution is 2.49. The van der Waals surface area contributed by atoms with E-state index in [0.717, 1.165) is 0 Å². The zero-order valence-electron chi connectivity index (χ0n) is 16.6. The van der Waals surface area contributed by atoms with Gasteiger partial charge in [0, 0.05) is 11.3 Å². The molecule has 1 nitrogen and oxygen atoms in total. The lowest BCUT2D eigenvalue weighted by Crippen LogP contribution is -2.01. The van der Waals surface area contributed by atoms with Crippen molar-refractivity contribution in [1.82, 2.24) is 4.57 Å². The molecule has 5 aromatic rings. The van der Waals surface area contributed by atoms with Crippen molar-refractivity contribution < 1.29 is 0 Å². The minimum atomic E-state index is 0.218. The Balaban J connectivity index is 1.71. The molecule has 0 radical (unpaired) electrons. The molecule has 1 heteroatoms. The van der Waals surface area contributed by atoms with Crippen LogP contribution in [0, 0.1) is 0 Å². The Hall–Kier alpha value is -3.84. The lowest BCUT2D eigenvalue weighted by atomic mass is 9.87. The number of rotatable bonds is 3. The van der Waals surface area contributed by atoms with Crippen LogP contribution in [0.1, 0.15) is 22.7 Å². The van der Waals surface area contributed by atoms with Gasteiger partial charge in [-0.1, -0.05) is 109 Å². The fourth-order valence-electron chi connectivity index (χ4n) is 4.81. The molecule has 4 aromatic carbocycles. The van der Waals surface area contributed by atoms with E-state index in [0.29, 0.717) is 0 Å². The Morgan fingerprint density at radius 2 is 1.10 bits per heavy atom. The number of hydrogen-bond acceptors (Lipinski definition) is 0. The molecule has 1 aromatic heterocycles. The number of aromatic nitrogens is 1. The van der Waals surface area contributed by atoms with E-state index in [1.807, 2.05) is 0 Å². The number of fused-ring (bicyclic) bond motifs is 3. The van der Waals surface area contributed by atoms with Gasteiger partial charge in [0.05, 0.1) is 17.3 Å². The number of hydrogen-bond donors (Lipinski definition) is 0. The van der Waals surface area contributed by atoms with Crippen LogP contribution in [0.15, 0.2) is 121 Å². The van der Waals surface area contributed by atoms with Crippen LogP contribution in [0.4, 0.5) is 0 Å². The van der Waals surface area contributed by atoms with Gasteiger partial charge in [-0.3, -0.25) is 0 Å². The minimum Gasteiger partial charge on any atom is -0.312 e. The van der Waals surface area contributed by atoms with Gasteiger partial charge in [0.1, 0.15) is 0 Å². The topological polar surface area (TPSA) is 4.93 Å². The van der Waals surface area contributed by atoms with Gasteiger partial charge in [-0.2, -0.15) is 0 Å². The molecule has 0 aliphatic carbocycles. The van der Waals surface area contributed by atoms with Crippen LogP contribution in [0.3, 0.4) is 0 Å². The summed E-state index contributed by atoms with van der Waals surface area (Å²) in [4.78, 5) is 0. The van der Waals surface area contributed by atoms with Gasteiger partial charge >= 0.3 is 0 Å². The molecule has 1 aliphatic rings. The summed E-state index contributed by atoms with van der Waals surface area (Å²) in [6, 6.07) is 43.6. The van der Waals surface area contributed by atoms with Gasteiger partial charge in [0.15, 0.2) is 0 Å². The van der Waals surface area contributed by atoms with Crippen LogP contribution >= 0.6 is 0 Å². The van der Waals surface area contributed by atoms with E-state index in [1.165, 1.54) is 44.9 Å². The highest BCUT2D eigenvalue weighted by atomic mass is 15.0. The molecule has 1 unspecified atom stereocenters. The van der Waals surface area contributed by atoms with Crippen molar-refractivity contribution >= 4 is 0 Å². The maximum Gasteiger partial charge on any atom is 0.0538 e. The number of nitrogens with zero attached hydrogens (tertiary/aromatic N) is 1. The zero-order valence-corrected chi connectivity index (χ0v) is 16.6. The Kier molecular flexibility index (Phi) is 3.92. The maximum atomic E-state index is 2.48.